The Morgan fingerprint density at radius 1 is 0.375 bits per heavy atom. The van der Waals surface area contributed by atoms with Gasteiger partial charge in [0.1, 0.15) is 46.0 Å². The van der Waals surface area contributed by atoms with Crippen LogP contribution in [0.1, 0.15) is 322 Å². The van der Waals surface area contributed by atoms with Gasteiger partial charge < -0.3 is 82.6 Å². The first-order valence-electron chi connectivity index (χ1n) is 49.7. The molecule has 12 N–H and O–H groups in total. The Morgan fingerprint density at radius 3 is 0.854 bits per heavy atom. The minimum absolute atomic E-state index is 0.0146. The zero-order valence-electron chi connectivity index (χ0n) is 85.4. The lowest BCUT2D eigenvalue weighted by Crippen LogP contribution is -2.38. The predicted molar refractivity (Wildman–Crippen MR) is 547 cm³/mol. The summed E-state index contributed by atoms with van der Waals surface area (Å²) in [4.78, 5) is 149. The number of aliphatic hydroxyl groups is 4. The van der Waals surface area contributed by atoms with Crippen molar-refractivity contribution in [3.05, 3.63) is 114 Å². The van der Waals surface area contributed by atoms with E-state index >= 15 is 0 Å². The van der Waals surface area contributed by atoms with Gasteiger partial charge in [-0.15, -0.1) is 45.3 Å². The fourth-order valence-corrected chi connectivity index (χ4v) is 22.8. The van der Waals surface area contributed by atoms with E-state index in [0.717, 1.165) is 124 Å². The van der Waals surface area contributed by atoms with Crippen LogP contribution in [0.15, 0.2) is 49.1 Å². The fourth-order valence-electron chi connectivity index (χ4n) is 18.6. The average molecular weight is 2080 g/mol. The van der Waals surface area contributed by atoms with E-state index in [1.165, 1.54) is 49.9 Å². The van der Waals surface area contributed by atoms with Gasteiger partial charge in [0.25, 0.3) is 65.0 Å². The molecule has 0 bridgehead atoms. The summed E-state index contributed by atoms with van der Waals surface area (Å²) in [6.07, 6.45) is 20.3. The number of nitrogens with one attached hydrogen (secondary N) is 8. The van der Waals surface area contributed by atoms with Gasteiger partial charge in [0, 0.05) is 149 Å². The van der Waals surface area contributed by atoms with Crippen LogP contribution in [0.25, 0.3) is 41.8 Å². The number of aromatic nitrogens is 8. The number of aryl methyl sites for hydroxylation is 4. The highest BCUT2D eigenvalue weighted by Gasteiger charge is 2.49. The number of hydrogen-bond donors (Lipinski definition) is 12. The van der Waals surface area contributed by atoms with E-state index in [1.54, 1.807) is 109 Å². The standard InChI is InChI=1S/C26H35F2N5O3S.C26H37N5O3S.2C25H33F2N5O3S/c1-15-9-18(30-13-25(5)7-6-8-25)29-11-17(15)20-19(23(35)33-14-26(27,28)10-16(33)2)32-22(37-20)21(34)31-12-24(3,4)36;1-16-12-19(28-15-26(5)9-7-10-26)27-13-18(16)21-20(24(33)31-11-6-8-17(31)2)30-23(35-21)22(32)29-14-25(3,4)34;2*1-14-11-18(30-17-8-5-9-25(17,26)27)28-12-16(14)20-19(23(34)32-10-6-7-15(32)2)31-22(36-20)21(33)29-13-24(3,4)35/h9,11,16,36H,6-8,10,12-14H2,1-5H3,(H,29,30)(H,31,34);12-13,17,34H,6-11,14-15H2,1-5H3,(H,27,28)(H,29,32);2*11-12,15,17,35H,5-10,13H2,1-4H3,(H,28,30)(H,29,33)/t16-;17-;15-,17+;15-,17-/m0000/s1. The molecule has 4 saturated heterocycles. The number of carbonyl (C=O) groups excluding carboxylic acids is 8. The molecule has 8 aromatic rings. The molecule has 8 fully saturated rings. The van der Waals surface area contributed by atoms with Gasteiger partial charge in [-0.1, -0.05) is 26.7 Å². The van der Waals surface area contributed by atoms with E-state index in [2.05, 4.69) is 96.3 Å². The number of alkyl halides is 6. The maximum Gasteiger partial charge on any atom is 0.280 e. The summed E-state index contributed by atoms with van der Waals surface area (Å²) >= 11 is 4.37. The Balaban J connectivity index is 0.000000161. The summed E-state index contributed by atoms with van der Waals surface area (Å²) in [6.45, 7) is 35.4. The summed E-state index contributed by atoms with van der Waals surface area (Å²) in [6, 6.07) is 4.94. The van der Waals surface area contributed by atoms with Crippen molar-refractivity contribution in [2.75, 3.05) is 86.7 Å². The minimum Gasteiger partial charge on any atom is -0.389 e. The third-order valence-electron chi connectivity index (χ3n) is 27.7. The first-order chi connectivity index (χ1) is 67.3. The molecule has 8 aromatic heterocycles. The van der Waals surface area contributed by atoms with Crippen LogP contribution in [0.3, 0.4) is 0 Å². The number of amides is 8. The Hall–Kier alpha value is -10.5. The molecule has 42 heteroatoms. The Morgan fingerprint density at radius 2 is 0.639 bits per heavy atom. The number of thiazole rings is 4. The zero-order chi connectivity index (χ0) is 105. The highest BCUT2D eigenvalue weighted by Crippen LogP contribution is 2.47. The van der Waals surface area contributed by atoms with Crippen LogP contribution >= 0.6 is 45.3 Å². The van der Waals surface area contributed by atoms with Crippen LogP contribution in [-0.2, 0) is 0 Å². The average Bonchev–Trinajstić information content (AvgIpc) is 1.52. The Kier molecular flexibility index (Phi) is 34.3. The molecule has 8 aliphatic rings. The molecule has 16 rings (SSSR count). The van der Waals surface area contributed by atoms with Crippen molar-refractivity contribution in [2.45, 2.75) is 323 Å². The van der Waals surface area contributed by atoms with Gasteiger partial charge in [0.05, 0.1) is 60.5 Å². The van der Waals surface area contributed by atoms with E-state index in [9.17, 15) is 85.1 Å². The van der Waals surface area contributed by atoms with E-state index in [1.807, 2.05) is 65.5 Å². The topological polar surface area (TPSA) is 430 Å². The van der Waals surface area contributed by atoms with E-state index in [-0.39, 0.29) is 117 Å². The number of pyridine rings is 4. The third kappa shape index (κ3) is 27.9. The second-order valence-corrected chi connectivity index (χ2v) is 47.3. The van der Waals surface area contributed by atoms with Crippen LogP contribution in [0.2, 0.25) is 0 Å². The number of halogens is 6. The van der Waals surface area contributed by atoms with Gasteiger partial charge in [0.15, 0.2) is 20.0 Å². The van der Waals surface area contributed by atoms with Crippen molar-refractivity contribution in [1.29, 1.82) is 0 Å². The lowest BCUT2D eigenvalue weighted by Gasteiger charge is -2.38. The first kappa shape index (κ1) is 111. The predicted octanol–water partition coefficient (Wildman–Crippen LogP) is 17.2. The van der Waals surface area contributed by atoms with Crippen molar-refractivity contribution in [3.63, 3.8) is 0 Å². The summed E-state index contributed by atoms with van der Waals surface area (Å²) in [7, 11) is 0. The Labute approximate surface area is 853 Å². The second-order valence-electron chi connectivity index (χ2n) is 43.4. The van der Waals surface area contributed by atoms with Gasteiger partial charge >= 0.3 is 0 Å². The van der Waals surface area contributed by atoms with Gasteiger partial charge in [-0.2, -0.15) is 0 Å². The first-order valence-corrected chi connectivity index (χ1v) is 52.9. The monoisotopic (exact) mass is 2080 g/mol. The number of hydrogen-bond acceptors (Lipinski definition) is 28. The van der Waals surface area contributed by atoms with Crippen molar-refractivity contribution in [2.24, 2.45) is 10.8 Å². The van der Waals surface area contributed by atoms with Crippen LogP contribution < -0.4 is 42.5 Å². The van der Waals surface area contributed by atoms with Crippen molar-refractivity contribution in [3.8, 4) is 41.8 Å². The lowest BCUT2D eigenvalue weighted by molar-refractivity contribution is -0.00124. The molecule has 6 atom stereocenters. The molecular formula is C102H138F6N20O12S4. The second kappa shape index (κ2) is 44.7. The Bertz CT molecular complexity index is 5840. The molecule has 0 radical (unpaired) electrons. The van der Waals surface area contributed by atoms with E-state index in [4.69, 9.17) is 0 Å². The van der Waals surface area contributed by atoms with Crippen LogP contribution in [0, 0.1) is 38.5 Å². The van der Waals surface area contributed by atoms with Crippen LogP contribution in [0.4, 0.5) is 49.6 Å². The minimum atomic E-state index is -2.97. The molecule has 144 heavy (non-hydrogen) atoms. The fraction of sp³-hybridized carbons (Fsp3) is 0.608. The largest absolute Gasteiger partial charge is 0.389 e. The lowest BCUT2D eigenvalue weighted by atomic mass is 9.70. The van der Waals surface area contributed by atoms with Gasteiger partial charge in [-0.05, 0) is 258 Å². The van der Waals surface area contributed by atoms with E-state index < -0.39 is 101 Å². The molecule has 0 unspecified atom stereocenters. The number of anilines is 4. The summed E-state index contributed by atoms with van der Waals surface area (Å²) in [5.41, 5.74) is 2.73. The number of carbonyl (C=O) groups is 8. The van der Waals surface area contributed by atoms with Crippen molar-refractivity contribution >= 4 is 116 Å². The maximum absolute atomic E-state index is 14.1. The number of rotatable bonds is 30. The van der Waals surface area contributed by atoms with Crippen LogP contribution in [-0.4, -0.2) is 269 Å². The smallest absolute Gasteiger partial charge is 0.280 e. The highest BCUT2D eigenvalue weighted by atomic mass is 32.1. The zero-order valence-corrected chi connectivity index (χ0v) is 88.7. The van der Waals surface area contributed by atoms with Gasteiger partial charge in [-0.3, -0.25) is 38.4 Å². The summed E-state index contributed by atoms with van der Waals surface area (Å²) in [5.74, 6) is -9.52. The highest BCUT2D eigenvalue weighted by molar-refractivity contribution is 7.18. The summed E-state index contributed by atoms with van der Waals surface area (Å²) in [5, 5.41) is 63.5. The quantitative estimate of drug-likeness (QED) is 0.0186. The molecule has 0 spiro atoms. The van der Waals surface area contributed by atoms with E-state index in [0.29, 0.717) is 110 Å². The number of nitrogens with zero attached hydrogens (tertiary/aromatic N) is 12. The van der Waals surface area contributed by atoms with Crippen molar-refractivity contribution < 1.29 is 85.1 Å². The molecule has 4 aliphatic heterocycles. The summed E-state index contributed by atoms with van der Waals surface area (Å²) < 4.78 is 84.5. The van der Waals surface area contributed by atoms with Crippen molar-refractivity contribution in [1.82, 2.24) is 80.7 Å². The maximum atomic E-state index is 14.1. The molecule has 12 heterocycles. The molecule has 0 aromatic carbocycles. The number of likely N-dealkylation sites (tertiary alicyclic amines) is 4. The van der Waals surface area contributed by atoms with Crippen LogP contribution in [0.5, 0.6) is 0 Å². The molecule has 4 saturated carbocycles. The molecule has 4 aliphatic carbocycles. The van der Waals surface area contributed by atoms with Gasteiger partial charge in [0.2, 0.25) is 0 Å². The normalized spacial score (nSPS) is 20.8. The molecule has 8 amide bonds. The SMILES string of the molecule is Cc1cc(NCC2(C)CCC2)ncc1-c1sc(C(=O)NCC(C)(C)O)nc1C(=O)N1CC(F)(F)C[C@@H]1C.Cc1cc(NCC2(C)CCC2)ncc1-c1sc(C(=O)NCC(C)(C)O)nc1C(=O)N1CCC[C@@H]1C.Cc1cc(N[C@@H]2CCCC2(F)F)ncc1-c1sc(C(=O)NCC(C)(C)O)nc1C(=O)N1CCC[C@@H]1C.Cc1cc(N[C@H]2CCCC2(F)F)ncc1-c1sc(C(=O)NCC(C)(C)O)nc1C(=O)N1CCC[C@@H]1C. The molecular weight excluding hydrogens is 1940 g/mol. The van der Waals surface area contributed by atoms with Gasteiger partial charge in [-0.25, -0.2) is 66.2 Å². The molecule has 32 nitrogen and oxygen atoms in total. The molecule has 784 valence electrons. The third-order valence-corrected chi connectivity index (χ3v) is 32.0.